The molecule has 0 spiro atoms. The van der Waals surface area contributed by atoms with Crippen LogP contribution in [0.3, 0.4) is 0 Å². The summed E-state index contributed by atoms with van der Waals surface area (Å²) in [6.45, 7) is 5.10. The first-order valence-electron chi connectivity index (χ1n) is 8.57. The summed E-state index contributed by atoms with van der Waals surface area (Å²) in [7, 11) is 0. The third-order valence-corrected chi connectivity index (χ3v) is 5.44. The van der Waals surface area contributed by atoms with Gasteiger partial charge in [0.1, 0.15) is 0 Å². The van der Waals surface area contributed by atoms with Gasteiger partial charge in [-0.25, -0.2) is 0 Å². The van der Waals surface area contributed by atoms with Gasteiger partial charge in [0.25, 0.3) is 0 Å². The number of likely N-dealkylation sites (tertiary alicyclic amines) is 1. The molecule has 1 saturated carbocycles. The minimum atomic E-state index is -0.649. The summed E-state index contributed by atoms with van der Waals surface area (Å²) in [4.78, 5) is 13.6. The van der Waals surface area contributed by atoms with Crippen LogP contribution in [0.15, 0.2) is 12.3 Å². The molecule has 22 heavy (non-hydrogen) atoms. The molecule has 3 rings (SSSR count). The van der Waals surface area contributed by atoms with Gasteiger partial charge in [0.15, 0.2) is 0 Å². The monoisotopic (exact) mass is 305 g/mol. The number of rotatable bonds is 4. The Morgan fingerprint density at radius 3 is 2.50 bits per heavy atom. The van der Waals surface area contributed by atoms with E-state index in [-0.39, 0.29) is 5.92 Å². The number of nitrogens with zero attached hydrogens (tertiary/aromatic N) is 3. The molecule has 1 N–H and O–H groups in total. The molecule has 5 heteroatoms. The van der Waals surface area contributed by atoms with E-state index in [0.717, 1.165) is 25.1 Å². The SMILES string of the molecule is CC1CC(C(=O)O)CC(C)N1Cc1ccn(C2CCCC2)n1. The van der Waals surface area contributed by atoms with E-state index in [0.29, 0.717) is 18.1 Å². The molecule has 1 aliphatic carbocycles. The fourth-order valence-electron chi connectivity index (χ4n) is 4.16. The molecule has 1 aromatic rings. The number of hydrogen-bond acceptors (Lipinski definition) is 3. The van der Waals surface area contributed by atoms with E-state index in [1.165, 1.54) is 25.7 Å². The van der Waals surface area contributed by atoms with Crippen molar-refractivity contribution in [3.63, 3.8) is 0 Å². The molecule has 0 bridgehead atoms. The van der Waals surface area contributed by atoms with Gasteiger partial charge in [-0.1, -0.05) is 12.8 Å². The van der Waals surface area contributed by atoms with E-state index in [9.17, 15) is 9.90 Å². The standard InChI is InChI=1S/C17H27N3O2/c1-12-9-14(17(21)22)10-13(2)19(12)11-15-7-8-20(18-15)16-5-3-4-6-16/h7-8,12-14,16H,3-6,9-11H2,1-2H3,(H,21,22). The van der Waals surface area contributed by atoms with Crippen molar-refractivity contribution in [1.82, 2.24) is 14.7 Å². The van der Waals surface area contributed by atoms with Crippen LogP contribution in [0.5, 0.6) is 0 Å². The van der Waals surface area contributed by atoms with Crippen LogP contribution in [0.25, 0.3) is 0 Å². The quantitative estimate of drug-likeness (QED) is 0.929. The number of aliphatic carboxylic acids is 1. The summed E-state index contributed by atoms with van der Waals surface area (Å²) in [5.41, 5.74) is 1.11. The number of aromatic nitrogens is 2. The molecule has 2 heterocycles. The van der Waals surface area contributed by atoms with Gasteiger partial charge in [0.2, 0.25) is 0 Å². The predicted octanol–water partition coefficient (Wildman–Crippen LogP) is 3.07. The summed E-state index contributed by atoms with van der Waals surface area (Å²) in [5.74, 6) is -0.846. The van der Waals surface area contributed by atoms with Gasteiger partial charge in [-0.3, -0.25) is 14.4 Å². The fraction of sp³-hybridized carbons (Fsp3) is 0.765. The molecular formula is C17H27N3O2. The van der Waals surface area contributed by atoms with Gasteiger partial charge in [0.05, 0.1) is 17.7 Å². The molecular weight excluding hydrogens is 278 g/mol. The molecule has 122 valence electrons. The molecule has 1 aliphatic heterocycles. The lowest BCUT2D eigenvalue weighted by atomic mass is 9.87. The second-order valence-corrected chi connectivity index (χ2v) is 7.10. The predicted molar refractivity (Wildman–Crippen MR) is 84.6 cm³/mol. The molecule has 2 atom stereocenters. The van der Waals surface area contributed by atoms with Gasteiger partial charge in [-0.2, -0.15) is 5.10 Å². The van der Waals surface area contributed by atoms with Crippen LogP contribution in [0.1, 0.15) is 64.1 Å². The number of hydrogen-bond donors (Lipinski definition) is 1. The van der Waals surface area contributed by atoms with E-state index in [1.807, 2.05) is 0 Å². The lowest BCUT2D eigenvalue weighted by Gasteiger charge is -2.41. The normalized spacial score (nSPS) is 30.7. The molecule has 5 nitrogen and oxygen atoms in total. The van der Waals surface area contributed by atoms with Crippen molar-refractivity contribution < 1.29 is 9.90 Å². The molecule has 1 aromatic heterocycles. The third kappa shape index (κ3) is 3.19. The van der Waals surface area contributed by atoms with Crippen LogP contribution < -0.4 is 0 Å². The molecule has 2 unspecified atom stereocenters. The molecule has 2 fully saturated rings. The number of carboxylic acid groups (broad SMARTS) is 1. The first kappa shape index (κ1) is 15.5. The third-order valence-electron chi connectivity index (χ3n) is 5.44. The highest BCUT2D eigenvalue weighted by molar-refractivity contribution is 5.70. The number of piperidine rings is 1. The van der Waals surface area contributed by atoms with Crippen molar-refractivity contribution in [3.8, 4) is 0 Å². The molecule has 0 amide bonds. The fourth-order valence-corrected chi connectivity index (χ4v) is 4.16. The highest BCUT2D eigenvalue weighted by Gasteiger charge is 2.34. The van der Waals surface area contributed by atoms with Crippen LogP contribution >= 0.6 is 0 Å². The Kier molecular flexibility index (Phi) is 4.52. The Bertz CT molecular complexity index is 510. The Morgan fingerprint density at radius 1 is 1.27 bits per heavy atom. The Morgan fingerprint density at radius 2 is 1.91 bits per heavy atom. The Hall–Kier alpha value is -1.36. The van der Waals surface area contributed by atoms with E-state index in [1.54, 1.807) is 0 Å². The summed E-state index contributed by atoms with van der Waals surface area (Å²) in [5, 5.41) is 14.0. The number of carbonyl (C=O) groups is 1. The van der Waals surface area contributed by atoms with Gasteiger partial charge in [-0.15, -0.1) is 0 Å². The highest BCUT2D eigenvalue weighted by Crippen LogP contribution is 2.31. The van der Waals surface area contributed by atoms with Gasteiger partial charge in [-0.05, 0) is 45.6 Å². The Balaban J connectivity index is 1.64. The maximum Gasteiger partial charge on any atom is 0.306 e. The van der Waals surface area contributed by atoms with Gasteiger partial charge >= 0.3 is 5.97 Å². The van der Waals surface area contributed by atoms with Crippen LogP contribution in [0.2, 0.25) is 0 Å². The second-order valence-electron chi connectivity index (χ2n) is 7.10. The summed E-state index contributed by atoms with van der Waals surface area (Å²) < 4.78 is 2.14. The lowest BCUT2D eigenvalue weighted by Crippen LogP contribution is -2.47. The van der Waals surface area contributed by atoms with Crippen LogP contribution in [-0.4, -0.2) is 37.8 Å². The topological polar surface area (TPSA) is 58.4 Å². The second kappa shape index (κ2) is 6.41. The minimum absolute atomic E-state index is 0.197. The maximum atomic E-state index is 11.2. The molecule has 0 aromatic carbocycles. The minimum Gasteiger partial charge on any atom is -0.481 e. The van der Waals surface area contributed by atoms with Crippen molar-refractivity contribution in [2.45, 2.75) is 77.0 Å². The first-order chi connectivity index (χ1) is 10.5. The van der Waals surface area contributed by atoms with Crippen molar-refractivity contribution >= 4 is 5.97 Å². The zero-order chi connectivity index (χ0) is 15.7. The summed E-state index contributed by atoms with van der Waals surface area (Å²) >= 11 is 0. The average Bonchev–Trinajstić information content (AvgIpc) is 3.13. The van der Waals surface area contributed by atoms with Crippen molar-refractivity contribution in [1.29, 1.82) is 0 Å². The summed E-state index contributed by atoms with van der Waals surface area (Å²) in [6.07, 6.45) is 8.72. The van der Waals surface area contributed by atoms with Crippen molar-refractivity contribution in [2.75, 3.05) is 0 Å². The van der Waals surface area contributed by atoms with Crippen LogP contribution in [0, 0.1) is 5.92 Å². The van der Waals surface area contributed by atoms with Crippen molar-refractivity contribution in [2.24, 2.45) is 5.92 Å². The van der Waals surface area contributed by atoms with E-state index >= 15 is 0 Å². The van der Waals surface area contributed by atoms with Crippen molar-refractivity contribution in [3.05, 3.63) is 18.0 Å². The van der Waals surface area contributed by atoms with Gasteiger partial charge < -0.3 is 5.11 Å². The van der Waals surface area contributed by atoms with Crippen LogP contribution in [-0.2, 0) is 11.3 Å². The first-order valence-corrected chi connectivity index (χ1v) is 8.57. The van der Waals surface area contributed by atoms with Crippen LogP contribution in [0.4, 0.5) is 0 Å². The molecule has 0 radical (unpaired) electrons. The lowest BCUT2D eigenvalue weighted by molar-refractivity contribution is -0.145. The zero-order valence-electron chi connectivity index (χ0n) is 13.6. The number of carboxylic acids is 1. The van der Waals surface area contributed by atoms with E-state index in [2.05, 4.69) is 35.7 Å². The van der Waals surface area contributed by atoms with Gasteiger partial charge in [0, 0.05) is 24.8 Å². The van der Waals surface area contributed by atoms with E-state index in [4.69, 9.17) is 5.10 Å². The highest BCUT2D eigenvalue weighted by atomic mass is 16.4. The zero-order valence-corrected chi connectivity index (χ0v) is 13.6. The molecule has 2 aliphatic rings. The maximum absolute atomic E-state index is 11.2. The van der Waals surface area contributed by atoms with E-state index < -0.39 is 5.97 Å². The average molecular weight is 305 g/mol. The summed E-state index contributed by atoms with van der Waals surface area (Å²) in [6, 6.07) is 3.30. The largest absolute Gasteiger partial charge is 0.481 e. The Labute approximate surface area is 132 Å². The smallest absolute Gasteiger partial charge is 0.306 e. The molecule has 1 saturated heterocycles.